The SMILES string of the molecule is COc1ccc(F)cc1C1CN(C)C(CN)c2cc(C)ccc21. The number of ether oxygens (including phenoxy) is 1. The third-order valence-electron chi connectivity index (χ3n) is 4.77. The molecule has 0 aromatic heterocycles. The maximum absolute atomic E-state index is 13.8. The maximum Gasteiger partial charge on any atom is 0.123 e. The van der Waals surface area contributed by atoms with E-state index < -0.39 is 0 Å². The molecule has 2 aromatic carbocycles. The first kappa shape index (κ1) is 16.0. The van der Waals surface area contributed by atoms with Gasteiger partial charge >= 0.3 is 0 Å². The van der Waals surface area contributed by atoms with Gasteiger partial charge in [-0.25, -0.2) is 4.39 Å². The summed E-state index contributed by atoms with van der Waals surface area (Å²) in [6.07, 6.45) is 0. The summed E-state index contributed by atoms with van der Waals surface area (Å²) in [7, 11) is 3.70. The van der Waals surface area contributed by atoms with E-state index >= 15 is 0 Å². The summed E-state index contributed by atoms with van der Waals surface area (Å²) in [6.45, 7) is 3.44. The highest BCUT2D eigenvalue weighted by atomic mass is 19.1. The smallest absolute Gasteiger partial charge is 0.123 e. The summed E-state index contributed by atoms with van der Waals surface area (Å²) in [6, 6.07) is 11.4. The molecule has 0 radical (unpaired) electrons. The topological polar surface area (TPSA) is 38.5 Å². The number of hydrogen-bond donors (Lipinski definition) is 1. The van der Waals surface area contributed by atoms with Crippen LogP contribution in [-0.4, -0.2) is 32.1 Å². The number of benzene rings is 2. The maximum atomic E-state index is 13.8. The third kappa shape index (κ3) is 2.84. The zero-order valence-corrected chi connectivity index (χ0v) is 13.8. The highest BCUT2D eigenvalue weighted by Gasteiger charge is 2.32. The van der Waals surface area contributed by atoms with Crippen LogP contribution in [0.2, 0.25) is 0 Å². The van der Waals surface area contributed by atoms with Crippen molar-refractivity contribution in [2.75, 3.05) is 27.2 Å². The van der Waals surface area contributed by atoms with Crippen LogP contribution < -0.4 is 10.5 Å². The molecule has 23 heavy (non-hydrogen) atoms. The molecule has 2 unspecified atom stereocenters. The van der Waals surface area contributed by atoms with Gasteiger partial charge in [0.1, 0.15) is 11.6 Å². The zero-order valence-electron chi connectivity index (χ0n) is 13.8. The number of aryl methyl sites for hydroxylation is 1. The van der Waals surface area contributed by atoms with E-state index in [1.54, 1.807) is 19.2 Å². The van der Waals surface area contributed by atoms with Crippen molar-refractivity contribution in [3.8, 4) is 5.75 Å². The lowest BCUT2D eigenvalue weighted by molar-refractivity contribution is 0.222. The van der Waals surface area contributed by atoms with Crippen molar-refractivity contribution < 1.29 is 9.13 Å². The van der Waals surface area contributed by atoms with Gasteiger partial charge in [-0.05, 0) is 43.3 Å². The van der Waals surface area contributed by atoms with Crippen molar-refractivity contribution in [1.82, 2.24) is 4.90 Å². The lowest BCUT2D eigenvalue weighted by atomic mass is 9.80. The standard InChI is InChI=1S/C19H23FN2O/c1-12-4-6-14-15(8-12)18(10-21)22(2)11-17(14)16-9-13(20)5-7-19(16)23-3/h4-9,17-18H,10-11,21H2,1-3H3. The molecule has 4 heteroatoms. The van der Waals surface area contributed by atoms with Crippen molar-refractivity contribution in [2.45, 2.75) is 18.9 Å². The minimum atomic E-state index is -0.238. The Morgan fingerprint density at radius 2 is 1.96 bits per heavy atom. The van der Waals surface area contributed by atoms with Crippen molar-refractivity contribution in [3.63, 3.8) is 0 Å². The van der Waals surface area contributed by atoms with E-state index in [1.807, 2.05) is 0 Å². The quantitative estimate of drug-likeness (QED) is 0.945. The molecule has 0 spiro atoms. The number of methoxy groups -OCH3 is 1. The molecule has 1 aliphatic heterocycles. The summed E-state index contributed by atoms with van der Waals surface area (Å²) in [5.41, 5.74) is 10.5. The number of nitrogens with zero attached hydrogens (tertiary/aromatic N) is 1. The molecule has 0 fully saturated rings. The van der Waals surface area contributed by atoms with Gasteiger partial charge in [0.15, 0.2) is 0 Å². The fourth-order valence-electron chi connectivity index (χ4n) is 3.60. The molecule has 2 atom stereocenters. The number of fused-ring (bicyclic) bond motifs is 1. The molecule has 0 aliphatic carbocycles. The largest absolute Gasteiger partial charge is 0.496 e. The predicted octanol–water partition coefficient (Wildman–Crippen LogP) is 3.22. The Labute approximate surface area is 136 Å². The first-order valence-electron chi connectivity index (χ1n) is 7.89. The molecule has 3 nitrogen and oxygen atoms in total. The van der Waals surface area contributed by atoms with Gasteiger partial charge in [0.05, 0.1) is 7.11 Å². The second-order valence-corrected chi connectivity index (χ2v) is 6.26. The second kappa shape index (κ2) is 6.30. The Bertz CT molecular complexity index is 717. The Hall–Kier alpha value is -1.91. The average molecular weight is 314 g/mol. The molecule has 122 valence electrons. The summed E-state index contributed by atoms with van der Waals surface area (Å²) < 4.78 is 19.3. The number of halogens is 1. The fraction of sp³-hybridized carbons (Fsp3) is 0.368. The van der Waals surface area contributed by atoms with E-state index in [2.05, 4.69) is 37.1 Å². The van der Waals surface area contributed by atoms with Crippen LogP contribution in [-0.2, 0) is 0 Å². The number of rotatable bonds is 3. The summed E-state index contributed by atoms with van der Waals surface area (Å²) in [5.74, 6) is 0.560. The van der Waals surface area contributed by atoms with Gasteiger partial charge in [-0.1, -0.05) is 23.8 Å². The van der Waals surface area contributed by atoms with Crippen LogP contribution in [0.5, 0.6) is 5.75 Å². The zero-order chi connectivity index (χ0) is 16.6. The number of likely N-dealkylation sites (N-methyl/N-ethyl adjacent to an activating group) is 1. The molecule has 2 aromatic rings. The Kier molecular flexibility index (Phi) is 4.37. The second-order valence-electron chi connectivity index (χ2n) is 6.26. The molecular weight excluding hydrogens is 291 g/mol. The molecule has 0 amide bonds. The molecule has 1 heterocycles. The number of nitrogens with two attached hydrogens (primary N) is 1. The van der Waals surface area contributed by atoms with E-state index in [1.165, 1.54) is 22.8 Å². The Balaban J connectivity index is 2.16. The van der Waals surface area contributed by atoms with Gasteiger partial charge in [0.2, 0.25) is 0 Å². The Morgan fingerprint density at radius 3 is 2.65 bits per heavy atom. The van der Waals surface area contributed by atoms with Gasteiger partial charge < -0.3 is 10.5 Å². The van der Waals surface area contributed by atoms with Crippen LogP contribution in [0.1, 0.15) is 34.2 Å². The monoisotopic (exact) mass is 314 g/mol. The highest BCUT2D eigenvalue weighted by Crippen LogP contribution is 2.41. The average Bonchev–Trinajstić information content (AvgIpc) is 2.54. The summed E-state index contributed by atoms with van der Waals surface area (Å²) in [4.78, 5) is 2.25. The van der Waals surface area contributed by atoms with Crippen LogP contribution in [0.25, 0.3) is 0 Å². The van der Waals surface area contributed by atoms with Crippen molar-refractivity contribution in [2.24, 2.45) is 5.73 Å². The predicted molar refractivity (Wildman–Crippen MR) is 90.4 cm³/mol. The molecule has 0 saturated carbocycles. The fourth-order valence-corrected chi connectivity index (χ4v) is 3.60. The van der Waals surface area contributed by atoms with Gasteiger partial charge in [-0.2, -0.15) is 0 Å². The van der Waals surface area contributed by atoms with Crippen LogP contribution in [0.3, 0.4) is 0 Å². The first-order chi connectivity index (χ1) is 11.0. The lowest BCUT2D eigenvalue weighted by Crippen LogP contribution is -2.39. The van der Waals surface area contributed by atoms with Crippen molar-refractivity contribution in [3.05, 3.63) is 64.5 Å². The first-order valence-corrected chi connectivity index (χ1v) is 7.89. The third-order valence-corrected chi connectivity index (χ3v) is 4.77. The van der Waals surface area contributed by atoms with Gasteiger partial charge in [0, 0.05) is 30.6 Å². The summed E-state index contributed by atoms with van der Waals surface area (Å²) in [5, 5.41) is 0. The molecule has 0 saturated heterocycles. The molecule has 2 N–H and O–H groups in total. The molecule has 1 aliphatic rings. The molecule has 0 bridgehead atoms. The van der Waals surface area contributed by atoms with E-state index in [4.69, 9.17) is 10.5 Å². The minimum Gasteiger partial charge on any atom is -0.496 e. The normalized spacial score (nSPS) is 21.1. The summed E-state index contributed by atoms with van der Waals surface area (Å²) >= 11 is 0. The van der Waals surface area contributed by atoms with Crippen molar-refractivity contribution >= 4 is 0 Å². The van der Waals surface area contributed by atoms with E-state index in [9.17, 15) is 4.39 Å². The molecular formula is C19H23FN2O. The van der Waals surface area contributed by atoms with E-state index in [0.717, 1.165) is 17.9 Å². The van der Waals surface area contributed by atoms with Crippen LogP contribution in [0.15, 0.2) is 36.4 Å². The van der Waals surface area contributed by atoms with Gasteiger partial charge in [0.25, 0.3) is 0 Å². The minimum absolute atomic E-state index is 0.0732. The lowest BCUT2D eigenvalue weighted by Gasteiger charge is -2.39. The van der Waals surface area contributed by atoms with Crippen molar-refractivity contribution in [1.29, 1.82) is 0 Å². The van der Waals surface area contributed by atoms with E-state index in [0.29, 0.717) is 6.54 Å². The highest BCUT2D eigenvalue weighted by molar-refractivity contribution is 5.48. The van der Waals surface area contributed by atoms with Crippen LogP contribution in [0.4, 0.5) is 4.39 Å². The van der Waals surface area contributed by atoms with Crippen LogP contribution >= 0.6 is 0 Å². The van der Waals surface area contributed by atoms with Crippen LogP contribution in [0, 0.1) is 12.7 Å². The number of hydrogen-bond acceptors (Lipinski definition) is 3. The van der Waals surface area contributed by atoms with Gasteiger partial charge in [-0.3, -0.25) is 4.90 Å². The van der Waals surface area contributed by atoms with E-state index in [-0.39, 0.29) is 17.8 Å². The Morgan fingerprint density at radius 1 is 1.17 bits per heavy atom. The van der Waals surface area contributed by atoms with Gasteiger partial charge in [-0.15, -0.1) is 0 Å². The molecule has 3 rings (SSSR count).